The van der Waals surface area contributed by atoms with E-state index in [1.807, 2.05) is 35.2 Å². The van der Waals surface area contributed by atoms with Crippen LogP contribution in [0.15, 0.2) is 60.9 Å². The van der Waals surface area contributed by atoms with Crippen LogP contribution in [0, 0.1) is 5.92 Å². The van der Waals surface area contributed by atoms with Gasteiger partial charge in [-0.3, -0.25) is 14.3 Å². The Morgan fingerprint density at radius 2 is 1.69 bits per heavy atom. The highest BCUT2D eigenvalue weighted by molar-refractivity contribution is 5.99. The van der Waals surface area contributed by atoms with Crippen LogP contribution in [0.5, 0.6) is 11.5 Å². The average Bonchev–Trinajstić information content (AvgIpc) is 3.32. The number of fused-ring (bicyclic) bond motifs is 1. The summed E-state index contributed by atoms with van der Waals surface area (Å²) in [7, 11) is 0. The topological polar surface area (TPSA) is 73.7 Å². The van der Waals surface area contributed by atoms with Crippen LogP contribution >= 0.6 is 0 Å². The van der Waals surface area contributed by atoms with E-state index >= 15 is 0 Å². The first-order valence-electron chi connectivity index (χ1n) is 11.0. The fourth-order valence-corrected chi connectivity index (χ4v) is 4.29. The van der Waals surface area contributed by atoms with Crippen LogP contribution in [0.25, 0.3) is 0 Å². The molecule has 1 saturated heterocycles. The molecule has 0 aliphatic carbocycles. The minimum Gasteiger partial charge on any atom is -0.486 e. The standard InChI is InChI=1S/C25H25N3O4/c29-24(20-6-7-22-23(14-20)32-13-12-31-22)19-8-10-27(11-9-19)25(30)21-15-26-28(17-21)16-18-4-2-1-3-5-18/h1-7,14-15,17,19H,8-13,16H2. The third-order valence-corrected chi connectivity index (χ3v) is 6.05. The number of hydrogen-bond donors (Lipinski definition) is 0. The van der Waals surface area contributed by atoms with Gasteiger partial charge in [-0.25, -0.2) is 0 Å². The monoisotopic (exact) mass is 431 g/mol. The lowest BCUT2D eigenvalue weighted by Gasteiger charge is -2.31. The van der Waals surface area contributed by atoms with Gasteiger partial charge in [-0.1, -0.05) is 30.3 Å². The van der Waals surface area contributed by atoms with Crippen molar-refractivity contribution in [3.05, 3.63) is 77.6 Å². The molecule has 7 nitrogen and oxygen atoms in total. The fourth-order valence-electron chi connectivity index (χ4n) is 4.29. The van der Waals surface area contributed by atoms with Crippen molar-refractivity contribution in [2.45, 2.75) is 19.4 Å². The Hall–Kier alpha value is -3.61. The smallest absolute Gasteiger partial charge is 0.257 e. The highest BCUT2D eigenvalue weighted by Gasteiger charge is 2.29. The Morgan fingerprint density at radius 3 is 2.47 bits per heavy atom. The lowest BCUT2D eigenvalue weighted by Crippen LogP contribution is -2.40. The van der Waals surface area contributed by atoms with Crippen LogP contribution < -0.4 is 9.47 Å². The molecule has 0 unspecified atom stereocenters. The molecule has 2 aliphatic rings. The van der Waals surface area contributed by atoms with Crippen molar-refractivity contribution in [2.75, 3.05) is 26.3 Å². The second-order valence-corrected chi connectivity index (χ2v) is 8.20. The molecule has 1 fully saturated rings. The number of aromatic nitrogens is 2. The lowest BCUT2D eigenvalue weighted by molar-refractivity contribution is 0.0650. The third-order valence-electron chi connectivity index (χ3n) is 6.05. The molecule has 0 atom stereocenters. The summed E-state index contributed by atoms with van der Waals surface area (Å²) < 4.78 is 12.9. The number of likely N-dealkylation sites (tertiary alicyclic amines) is 1. The van der Waals surface area contributed by atoms with Crippen molar-refractivity contribution >= 4 is 11.7 Å². The van der Waals surface area contributed by atoms with E-state index in [-0.39, 0.29) is 17.6 Å². The fraction of sp³-hybridized carbons (Fsp3) is 0.320. The zero-order valence-corrected chi connectivity index (χ0v) is 17.8. The number of ketones is 1. The van der Waals surface area contributed by atoms with Gasteiger partial charge in [0.05, 0.1) is 18.3 Å². The number of carbonyl (C=O) groups excluding carboxylic acids is 2. The molecule has 1 amide bonds. The second-order valence-electron chi connectivity index (χ2n) is 8.20. The summed E-state index contributed by atoms with van der Waals surface area (Å²) in [5, 5.41) is 4.34. The van der Waals surface area contributed by atoms with Gasteiger partial charge in [0.1, 0.15) is 13.2 Å². The van der Waals surface area contributed by atoms with E-state index in [2.05, 4.69) is 5.10 Å². The molecule has 2 aliphatic heterocycles. The summed E-state index contributed by atoms with van der Waals surface area (Å²) in [6.07, 6.45) is 4.72. The predicted molar refractivity (Wildman–Crippen MR) is 118 cm³/mol. The lowest BCUT2D eigenvalue weighted by atomic mass is 9.88. The summed E-state index contributed by atoms with van der Waals surface area (Å²) in [5.41, 5.74) is 2.35. The normalized spacial score (nSPS) is 16.1. The summed E-state index contributed by atoms with van der Waals surface area (Å²) in [6.45, 7) is 2.76. The van der Waals surface area contributed by atoms with E-state index in [0.717, 1.165) is 5.56 Å². The Labute approximate surface area is 186 Å². The van der Waals surface area contributed by atoms with E-state index in [4.69, 9.17) is 9.47 Å². The Morgan fingerprint density at radius 1 is 0.938 bits per heavy atom. The highest BCUT2D eigenvalue weighted by Crippen LogP contribution is 2.32. The first-order valence-corrected chi connectivity index (χ1v) is 11.0. The van der Waals surface area contributed by atoms with Crippen molar-refractivity contribution in [3.63, 3.8) is 0 Å². The Bertz CT molecular complexity index is 1120. The number of nitrogens with zero attached hydrogens (tertiary/aromatic N) is 3. The first-order chi connectivity index (χ1) is 15.7. The minimum absolute atomic E-state index is 0.0328. The maximum Gasteiger partial charge on any atom is 0.257 e. The molecular weight excluding hydrogens is 406 g/mol. The van der Waals surface area contributed by atoms with E-state index in [0.29, 0.717) is 68.3 Å². The first kappa shape index (κ1) is 20.3. The van der Waals surface area contributed by atoms with Crippen LogP contribution in [-0.2, 0) is 6.54 Å². The molecule has 0 bridgehead atoms. The van der Waals surface area contributed by atoms with Gasteiger partial charge >= 0.3 is 0 Å². The highest BCUT2D eigenvalue weighted by atomic mass is 16.6. The van der Waals surface area contributed by atoms with Gasteiger partial charge < -0.3 is 14.4 Å². The van der Waals surface area contributed by atoms with Crippen LogP contribution in [-0.4, -0.2) is 52.7 Å². The quantitative estimate of drug-likeness (QED) is 0.579. The molecule has 0 saturated carbocycles. The average molecular weight is 431 g/mol. The Balaban J connectivity index is 1.18. The van der Waals surface area contributed by atoms with Gasteiger partial charge in [0.2, 0.25) is 0 Å². The second kappa shape index (κ2) is 8.86. The van der Waals surface area contributed by atoms with Gasteiger partial charge in [0.25, 0.3) is 5.91 Å². The number of ether oxygens (including phenoxy) is 2. The van der Waals surface area contributed by atoms with Crippen molar-refractivity contribution in [1.29, 1.82) is 0 Å². The molecule has 164 valence electrons. The molecule has 5 rings (SSSR count). The van der Waals surface area contributed by atoms with Gasteiger partial charge in [-0.2, -0.15) is 5.10 Å². The molecule has 3 aromatic rings. The van der Waals surface area contributed by atoms with Crippen LogP contribution in [0.1, 0.15) is 39.1 Å². The van der Waals surface area contributed by atoms with Crippen LogP contribution in [0.4, 0.5) is 0 Å². The van der Waals surface area contributed by atoms with E-state index in [1.165, 1.54) is 0 Å². The maximum atomic E-state index is 13.0. The molecule has 3 heterocycles. The third kappa shape index (κ3) is 4.23. The van der Waals surface area contributed by atoms with E-state index in [1.54, 1.807) is 35.3 Å². The molecule has 7 heteroatoms. The van der Waals surface area contributed by atoms with Gasteiger partial charge in [-0.15, -0.1) is 0 Å². The van der Waals surface area contributed by atoms with Gasteiger partial charge in [0, 0.05) is 30.8 Å². The van der Waals surface area contributed by atoms with Crippen LogP contribution in [0.2, 0.25) is 0 Å². The summed E-state index contributed by atoms with van der Waals surface area (Å²) in [4.78, 5) is 27.7. The van der Waals surface area contributed by atoms with Gasteiger partial charge in [-0.05, 0) is 36.6 Å². The zero-order chi connectivity index (χ0) is 21.9. The van der Waals surface area contributed by atoms with E-state index in [9.17, 15) is 9.59 Å². The summed E-state index contributed by atoms with van der Waals surface area (Å²) in [5.74, 6) is 1.28. The largest absolute Gasteiger partial charge is 0.486 e. The number of Topliss-reactive ketones (excluding diaryl/α,β-unsaturated/α-hetero) is 1. The Kier molecular flexibility index (Phi) is 5.62. The van der Waals surface area contributed by atoms with Crippen molar-refractivity contribution in [3.8, 4) is 11.5 Å². The number of carbonyl (C=O) groups is 2. The predicted octanol–water partition coefficient (Wildman–Crippen LogP) is 3.44. The number of piperidine rings is 1. The number of benzene rings is 2. The minimum atomic E-state index is -0.0950. The van der Waals surface area contributed by atoms with Crippen molar-refractivity contribution in [2.24, 2.45) is 5.92 Å². The zero-order valence-electron chi connectivity index (χ0n) is 17.8. The summed E-state index contributed by atoms with van der Waals surface area (Å²) in [6, 6.07) is 15.4. The maximum absolute atomic E-state index is 13.0. The van der Waals surface area contributed by atoms with Crippen molar-refractivity contribution < 1.29 is 19.1 Å². The molecular formula is C25H25N3O4. The molecule has 0 N–H and O–H groups in total. The molecule has 1 aromatic heterocycles. The molecule has 0 spiro atoms. The van der Waals surface area contributed by atoms with Crippen LogP contribution in [0.3, 0.4) is 0 Å². The van der Waals surface area contributed by atoms with Gasteiger partial charge in [0.15, 0.2) is 17.3 Å². The summed E-state index contributed by atoms with van der Waals surface area (Å²) >= 11 is 0. The van der Waals surface area contributed by atoms with E-state index < -0.39 is 0 Å². The van der Waals surface area contributed by atoms with Crippen molar-refractivity contribution in [1.82, 2.24) is 14.7 Å². The number of rotatable bonds is 5. The molecule has 0 radical (unpaired) electrons. The molecule has 2 aromatic carbocycles. The molecule has 32 heavy (non-hydrogen) atoms. The number of hydrogen-bond acceptors (Lipinski definition) is 5. The SMILES string of the molecule is O=C(c1ccc2c(c1)OCCO2)C1CCN(C(=O)c2cnn(Cc3ccccc3)c2)CC1. The number of amides is 1.